The van der Waals surface area contributed by atoms with Crippen LogP contribution in [0.15, 0.2) is 24.4 Å². The topological polar surface area (TPSA) is 53.4 Å². The van der Waals surface area contributed by atoms with Gasteiger partial charge in [0.2, 0.25) is 0 Å². The molecule has 4 heteroatoms. The van der Waals surface area contributed by atoms with Gasteiger partial charge in [0.15, 0.2) is 0 Å². The summed E-state index contributed by atoms with van der Waals surface area (Å²) in [6, 6.07) is 5.78. The third-order valence-corrected chi connectivity index (χ3v) is 3.54. The Labute approximate surface area is 109 Å². The second-order valence-electron chi connectivity index (χ2n) is 4.79. The molecular formula is C14H22N2O2. The lowest BCUT2D eigenvalue weighted by Gasteiger charge is -2.31. The lowest BCUT2D eigenvalue weighted by molar-refractivity contribution is -0.150. The molecule has 0 aromatic carbocycles. The van der Waals surface area contributed by atoms with Crippen LogP contribution in [0, 0.1) is 5.41 Å². The molecule has 1 N–H and O–H groups in total. The van der Waals surface area contributed by atoms with E-state index in [1.807, 2.05) is 44.0 Å². The Morgan fingerprint density at radius 1 is 1.39 bits per heavy atom. The first-order valence-corrected chi connectivity index (χ1v) is 6.36. The molecule has 0 radical (unpaired) electrons. The number of aliphatic carboxylic acids is 1. The van der Waals surface area contributed by atoms with E-state index in [4.69, 9.17) is 0 Å². The van der Waals surface area contributed by atoms with Crippen molar-refractivity contribution in [3.8, 4) is 0 Å². The molecule has 0 aliphatic heterocycles. The zero-order chi connectivity index (χ0) is 13.6. The summed E-state index contributed by atoms with van der Waals surface area (Å²) >= 11 is 0. The standard InChI is InChI=1S/C14H22N2O2/c1-4-14(5-2,13(17)18)11-16(3)10-12-8-6-7-9-15-12/h6-9H,4-5,10-11H2,1-3H3,(H,17,18). The molecule has 0 unspecified atom stereocenters. The summed E-state index contributed by atoms with van der Waals surface area (Å²) in [6.45, 7) is 5.10. The van der Waals surface area contributed by atoms with E-state index in [0.717, 1.165) is 5.69 Å². The van der Waals surface area contributed by atoms with Crippen LogP contribution in [-0.4, -0.2) is 34.6 Å². The fourth-order valence-corrected chi connectivity index (χ4v) is 2.18. The van der Waals surface area contributed by atoms with Crippen molar-refractivity contribution in [2.24, 2.45) is 5.41 Å². The summed E-state index contributed by atoms with van der Waals surface area (Å²) in [5, 5.41) is 9.40. The van der Waals surface area contributed by atoms with E-state index in [2.05, 4.69) is 4.98 Å². The van der Waals surface area contributed by atoms with Crippen LogP contribution in [-0.2, 0) is 11.3 Å². The van der Waals surface area contributed by atoms with E-state index in [0.29, 0.717) is 25.9 Å². The van der Waals surface area contributed by atoms with Crippen LogP contribution >= 0.6 is 0 Å². The van der Waals surface area contributed by atoms with Crippen molar-refractivity contribution in [2.45, 2.75) is 33.2 Å². The molecule has 0 spiro atoms. The maximum Gasteiger partial charge on any atom is 0.310 e. The van der Waals surface area contributed by atoms with E-state index in [9.17, 15) is 9.90 Å². The smallest absolute Gasteiger partial charge is 0.310 e. The highest BCUT2D eigenvalue weighted by Gasteiger charge is 2.35. The fourth-order valence-electron chi connectivity index (χ4n) is 2.18. The van der Waals surface area contributed by atoms with Crippen LogP contribution in [0.5, 0.6) is 0 Å². The zero-order valence-corrected chi connectivity index (χ0v) is 11.4. The van der Waals surface area contributed by atoms with Crippen molar-refractivity contribution < 1.29 is 9.90 Å². The average Bonchev–Trinajstić information content (AvgIpc) is 2.37. The lowest BCUT2D eigenvalue weighted by Crippen LogP contribution is -2.40. The number of nitrogens with zero attached hydrogens (tertiary/aromatic N) is 2. The molecule has 0 fully saturated rings. The molecular weight excluding hydrogens is 228 g/mol. The number of hydrogen-bond donors (Lipinski definition) is 1. The van der Waals surface area contributed by atoms with E-state index in [-0.39, 0.29) is 0 Å². The molecule has 0 saturated carbocycles. The third kappa shape index (κ3) is 3.53. The van der Waals surface area contributed by atoms with E-state index < -0.39 is 11.4 Å². The van der Waals surface area contributed by atoms with Gasteiger partial charge in [0, 0.05) is 19.3 Å². The van der Waals surface area contributed by atoms with Crippen LogP contribution in [0.3, 0.4) is 0 Å². The Morgan fingerprint density at radius 2 is 2.06 bits per heavy atom. The van der Waals surface area contributed by atoms with Crippen molar-refractivity contribution >= 4 is 5.97 Å². The molecule has 100 valence electrons. The van der Waals surface area contributed by atoms with Crippen molar-refractivity contribution in [3.05, 3.63) is 30.1 Å². The van der Waals surface area contributed by atoms with Crippen LogP contribution in [0.1, 0.15) is 32.4 Å². The lowest BCUT2D eigenvalue weighted by atomic mass is 9.82. The molecule has 1 aromatic heterocycles. The van der Waals surface area contributed by atoms with E-state index in [1.165, 1.54) is 0 Å². The largest absolute Gasteiger partial charge is 0.481 e. The van der Waals surface area contributed by atoms with Crippen molar-refractivity contribution in [2.75, 3.05) is 13.6 Å². The summed E-state index contributed by atoms with van der Waals surface area (Å²) in [4.78, 5) is 17.7. The summed E-state index contributed by atoms with van der Waals surface area (Å²) in [6.07, 6.45) is 3.05. The van der Waals surface area contributed by atoms with Crippen molar-refractivity contribution in [3.63, 3.8) is 0 Å². The first-order valence-electron chi connectivity index (χ1n) is 6.36. The van der Waals surface area contributed by atoms with Gasteiger partial charge in [-0.05, 0) is 32.0 Å². The number of carboxylic acids is 1. The van der Waals surface area contributed by atoms with Crippen molar-refractivity contribution in [1.82, 2.24) is 9.88 Å². The molecule has 0 aliphatic carbocycles. The van der Waals surface area contributed by atoms with Crippen LogP contribution in [0.2, 0.25) is 0 Å². The highest BCUT2D eigenvalue weighted by molar-refractivity contribution is 5.74. The highest BCUT2D eigenvalue weighted by Crippen LogP contribution is 2.28. The third-order valence-electron chi connectivity index (χ3n) is 3.54. The van der Waals surface area contributed by atoms with Crippen molar-refractivity contribution in [1.29, 1.82) is 0 Å². The monoisotopic (exact) mass is 250 g/mol. The number of rotatable bonds is 7. The predicted octanol–water partition coefficient (Wildman–Crippen LogP) is 2.40. The zero-order valence-electron chi connectivity index (χ0n) is 11.4. The molecule has 1 heterocycles. The minimum Gasteiger partial charge on any atom is -0.481 e. The summed E-state index contributed by atoms with van der Waals surface area (Å²) in [7, 11) is 1.94. The first kappa shape index (κ1) is 14.6. The molecule has 0 bridgehead atoms. The maximum absolute atomic E-state index is 11.4. The molecule has 0 amide bonds. The fraction of sp³-hybridized carbons (Fsp3) is 0.571. The van der Waals surface area contributed by atoms with Gasteiger partial charge in [-0.1, -0.05) is 19.9 Å². The van der Waals surface area contributed by atoms with E-state index >= 15 is 0 Å². The predicted molar refractivity (Wildman–Crippen MR) is 71.2 cm³/mol. The minimum absolute atomic E-state index is 0.548. The summed E-state index contributed by atoms with van der Waals surface area (Å²) in [5.74, 6) is -0.708. The molecule has 0 aliphatic rings. The first-order chi connectivity index (χ1) is 8.54. The number of hydrogen-bond acceptors (Lipinski definition) is 3. The molecule has 18 heavy (non-hydrogen) atoms. The van der Waals surface area contributed by atoms with Gasteiger partial charge in [0.25, 0.3) is 0 Å². The molecule has 1 rings (SSSR count). The van der Waals surface area contributed by atoms with Gasteiger partial charge in [-0.15, -0.1) is 0 Å². The quantitative estimate of drug-likeness (QED) is 0.807. The SMILES string of the molecule is CCC(CC)(CN(C)Cc1ccccn1)C(=O)O. The number of aromatic nitrogens is 1. The Bertz CT molecular complexity index is 375. The van der Waals surface area contributed by atoms with Gasteiger partial charge in [0.05, 0.1) is 11.1 Å². The normalized spacial score (nSPS) is 11.8. The molecule has 0 saturated heterocycles. The molecule has 1 aromatic rings. The van der Waals surface area contributed by atoms with E-state index in [1.54, 1.807) is 6.20 Å². The molecule has 0 atom stereocenters. The maximum atomic E-state index is 11.4. The second kappa shape index (κ2) is 6.50. The second-order valence-corrected chi connectivity index (χ2v) is 4.79. The Kier molecular flexibility index (Phi) is 5.28. The number of pyridine rings is 1. The number of carboxylic acid groups (broad SMARTS) is 1. The summed E-state index contributed by atoms with van der Waals surface area (Å²) < 4.78 is 0. The van der Waals surface area contributed by atoms with Gasteiger partial charge in [0.1, 0.15) is 0 Å². The van der Waals surface area contributed by atoms with Gasteiger partial charge < -0.3 is 5.11 Å². The van der Waals surface area contributed by atoms with Crippen LogP contribution in [0.4, 0.5) is 0 Å². The average molecular weight is 250 g/mol. The Balaban J connectivity index is 2.68. The van der Waals surface area contributed by atoms with Gasteiger partial charge >= 0.3 is 5.97 Å². The Hall–Kier alpha value is -1.42. The minimum atomic E-state index is -0.708. The van der Waals surface area contributed by atoms with Gasteiger partial charge in [-0.25, -0.2) is 0 Å². The van der Waals surface area contributed by atoms with Crippen LogP contribution in [0.25, 0.3) is 0 Å². The van der Waals surface area contributed by atoms with Gasteiger partial charge in [-0.2, -0.15) is 0 Å². The van der Waals surface area contributed by atoms with Gasteiger partial charge in [-0.3, -0.25) is 14.7 Å². The van der Waals surface area contributed by atoms with Crippen LogP contribution < -0.4 is 0 Å². The number of carbonyl (C=O) groups is 1. The molecule has 4 nitrogen and oxygen atoms in total. The Morgan fingerprint density at radius 3 is 2.50 bits per heavy atom. The summed E-state index contributed by atoms with van der Waals surface area (Å²) in [5.41, 5.74) is 0.315. The highest BCUT2D eigenvalue weighted by atomic mass is 16.4.